The van der Waals surface area contributed by atoms with Crippen molar-refractivity contribution in [2.24, 2.45) is 0 Å². The summed E-state index contributed by atoms with van der Waals surface area (Å²) in [5.41, 5.74) is 1.80. The van der Waals surface area contributed by atoms with Crippen LogP contribution in [0, 0.1) is 6.92 Å². The molecule has 0 aliphatic heterocycles. The van der Waals surface area contributed by atoms with Gasteiger partial charge in [-0.15, -0.1) is 0 Å². The van der Waals surface area contributed by atoms with E-state index >= 15 is 0 Å². The number of hydrogen-bond acceptors (Lipinski definition) is 1. The molecule has 1 atom stereocenters. The average molecular weight is 248 g/mol. The van der Waals surface area contributed by atoms with Gasteiger partial charge in [0, 0.05) is 5.02 Å². The van der Waals surface area contributed by atoms with Crippen molar-refractivity contribution < 1.29 is 8.78 Å². The maximum atomic E-state index is 12.7. The molecular weight excluding hydrogens is 232 g/mol. The predicted molar refractivity (Wildman–Crippen MR) is 63.4 cm³/mol. The molecular formula is C12H16ClF2N. The number of rotatable bonds is 5. The zero-order chi connectivity index (χ0) is 12.1. The zero-order valence-electron chi connectivity index (χ0n) is 9.43. The molecule has 0 aliphatic rings. The minimum atomic E-state index is -2.38. The molecule has 0 heterocycles. The van der Waals surface area contributed by atoms with Crippen molar-refractivity contribution in [2.45, 2.75) is 32.7 Å². The van der Waals surface area contributed by atoms with Gasteiger partial charge in [-0.05, 0) is 37.1 Å². The number of hydrogen-bond donors (Lipinski definition) is 1. The maximum absolute atomic E-state index is 12.7. The van der Waals surface area contributed by atoms with Gasteiger partial charge in [-0.25, -0.2) is 8.78 Å². The van der Waals surface area contributed by atoms with Crippen LogP contribution < -0.4 is 5.32 Å². The molecule has 1 aromatic rings. The van der Waals surface area contributed by atoms with Crippen molar-refractivity contribution in [1.82, 2.24) is 5.32 Å². The van der Waals surface area contributed by atoms with E-state index in [0.717, 1.165) is 11.1 Å². The van der Waals surface area contributed by atoms with E-state index in [-0.39, 0.29) is 6.42 Å². The molecule has 0 aliphatic carbocycles. The second-order valence-electron chi connectivity index (χ2n) is 3.80. The molecule has 4 heteroatoms. The van der Waals surface area contributed by atoms with Crippen LogP contribution >= 0.6 is 11.6 Å². The van der Waals surface area contributed by atoms with Crippen molar-refractivity contribution in [2.75, 3.05) is 6.54 Å². The molecule has 0 bridgehead atoms. The molecule has 1 rings (SSSR count). The number of nitrogens with one attached hydrogen (secondary N) is 1. The predicted octanol–water partition coefficient (Wildman–Crippen LogP) is 3.43. The van der Waals surface area contributed by atoms with E-state index in [0.29, 0.717) is 11.6 Å². The Morgan fingerprint density at radius 2 is 2.06 bits per heavy atom. The monoisotopic (exact) mass is 247 g/mol. The Morgan fingerprint density at radius 1 is 1.38 bits per heavy atom. The summed E-state index contributed by atoms with van der Waals surface area (Å²) >= 11 is 6.01. The van der Waals surface area contributed by atoms with Gasteiger partial charge in [0.05, 0.1) is 6.04 Å². The molecule has 0 spiro atoms. The molecule has 0 aromatic heterocycles. The Morgan fingerprint density at radius 3 is 2.56 bits per heavy atom. The van der Waals surface area contributed by atoms with Crippen LogP contribution in [-0.2, 0) is 6.42 Å². The van der Waals surface area contributed by atoms with Gasteiger partial charge >= 0.3 is 0 Å². The standard InChI is InChI=1S/C12H16ClF2N/c1-3-16-11(12(14)15)7-9-5-4-8(2)6-10(9)13/h4-6,11-12,16H,3,7H2,1-2H3. The minimum Gasteiger partial charge on any atom is -0.309 e. The smallest absolute Gasteiger partial charge is 0.254 e. The fraction of sp³-hybridized carbons (Fsp3) is 0.500. The third kappa shape index (κ3) is 3.72. The number of likely N-dealkylation sites (N-methyl/N-ethyl adjacent to an activating group) is 1. The van der Waals surface area contributed by atoms with Gasteiger partial charge in [0.2, 0.25) is 0 Å². The topological polar surface area (TPSA) is 12.0 Å². The fourth-order valence-corrected chi connectivity index (χ4v) is 1.88. The lowest BCUT2D eigenvalue weighted by molar-refractivity contribution is 0.0991. The Labute approximate surface area is 99.8 Å². The first-order valence-corrected chi connectivity index (χ1v) is 5.69. The van der Waals surface area contributed by atoms with Gasteiger partial charge in [0.1, 0.15) is 0 Å². The SMILES string of the molecule is CCNC(Cc1ccc(C)cc1Cl)C(F)F. The third-order valence-corrected chi connectivity index (χ3v) is 2.77. The van der Waals surface area contributed by atoms with Crippen LogP contribution in [0.15, 0.2) is 18.2 Å². The molecule has 16 heavy (non-hydrogen) atoms. The highest BCUT2D eigenvalue weighted by atomic mass is 35.5. The van der Waals surface area contributed by atoms with Gasteiger partial charge in [0.25, 0.3) is 6.43 Å². The number of aryl methyl sites for hydroxylation is 1. The quantitative estimate of drug-likeness (QED) is 0.841. The number of halogens is 3. The van der Waals surface area contributed by atoms with E-state index in [4.69, 9.17) is 11.6 Å². The summed E-state index contributed by atoms with van der Waals surface area (Å²) in [5.74, 6) is 0. The maximum Gasteiger partial charge on any atom is 0.254 e. The van der Waals surface area contributed by atoms with Gasteiger partial charge in [0.15, 0.2) is 0 Å². The summed E-state index contributed by atoms with van der Waals surface area (Å²) in [4.78, 5) is 0. The molecule has 0 amide bonds. The summed E-state index contributed by atoms with van der Waals surface area (Å²) in [5, 5.41) is 3.32. The van der Waals surface area contributed by atoms with E-state index in [1.54, 1.807) is 6.07 Å². The minimum absolute atomic E-state index is 0.255. The Bertz CT molecular complexity index is 342. The van der Waals surface area contributed by atoms with Crippen LogP contribution in [-0.4, -0.2) is 19.0 Å². The second-order valence-corrected chi connectivity index (χ2v) is 4.20. The molecule has 0 fully saturated rings. The van der Waals surface area contributed by atoms with Crippen molar-refractivity contribution in [3.8, 4) is 0 Å². The van der Waals surface area contributed by atoms with Gasteiger partial charge in [-0.1, -0.05) is 30.7 Å². The summed E-state index contributed by atoms with van der Waals surface area (Å²) in [6, 6.07) is 4.66. The second kappa shape index (κ2) is 6.16. The van der Waals surface area contributed by atoms with E-state index in [1.807, 2.05) is 26.0 Å². The van der Waals surface area contributed by atoms with Gasteiger partial charge in [-0.3, -0.25) is 0 Å². The summed E-state index contributed by atoms with van der Waals surface area (Å²) < 4.78 is 25.4. The van der Waals surface area contributed by atoms with Crippen molar-refractivity contribution in [1.29, 1.82) is 0 Å². The Kier molecular flexibility index (Phi) is 5.16. The normalized spacial score (nSPS) is 13.1. The van der Waals surface area contributed by atoms with Crippen LogP contribution in [0.3, 0.4) is 0 Å². The highest BCUT2D eigenvalue weighted by Crippen LogP contribution is 2.20. The molecule has 1 unspecified atom stereocenters. The van der Waals surface area contributed by atoms with Crippen molar-refractivity contribution in [3.05, 3.63) is 34.3 Å². The summed E-state index contributed by atoms with van der Waals surface area (Å²) in [6.07, 6.45) is -2.12. The molecule has 0 saturated heterocycles. The Hall–Kier alpha value is -0.670. The molecule has 1 aromatic carbocycles. The van der Waals surface area contributed by atoms with Crippen LogP contribution in [0.25, 0.3) is 0 Å². The van der Waals surface area contributed by atoms with Crippen molar-refractivity contribution in [3.63, 3.8) is 0 Å². The first-order chi connectivity index (χ1) is 7.54. The van der Waals surface area contributed by atoms with Gasteiger partial charge < -0.3 is 5.32 Å². The Balaban J connectivity index is 2.77. The van der Waals surface area contributed by atoms with E-state index in [1.165, 1.54) is 0 Å². The molecule has 0 saturated carbocycles. The average Bonchev–Trinajstić information content (AvgIpc) is 2.20. The first kappa shape index (κ1) is 13.4. The highest BCUT2D eigenvalue weighted by Gasteiger charge is 2.20. The van der Waals surface area contributed by atoms with Gasteiger partial charge in [-0.2, -0.15) is 0 Å². The zero-order valence-corrected chi connectivity index (χ0v) is 10.2. The van der Waals surface area contributed by atoms with Crippen LogP contribution in [0.1, 0.15) is 18.1 Å². The number of alkyl halides is 2. The molecule has 90 valence electrons. The summed E-state index contributed by atoms with van der Waals surface area (Å²) in [7, 11) is 0. The van der Waals surface area contributed by atoms with Crippen LogP contribution in [0.2, 0.25) is 5.02 Å². The first-order valence-electron chi connectivity index (χ1n) is 5.31. The highest BCUT2D eigenvalue weighted by molar-refractivity contribution is 6.31. The largest absolute Gasteiger partial charge is 0.309 e. The van der Waals surface area contributed by atoms with E-state index in [9.17, 15) is 8.78 Å². The van der Waals surface area contributed by atoms with Crippen LogP contribution in [0.5, 0.6) is 0 Å². The lowest BCUT2D eigenvalue weighted by Gasteiger charge is -2.17. The third-order valence-electron chi connectivity index (χ3n) is 2.42. The lowest BCUT2D eigenvalue weighted by Crippen LogP contribution is -2.37. The lowest BCUT2D eigenvalue weighted by atomic mass is 10.0. The van der Waals surface area contributed by atoms with Crippen LogP contribution in [0.4, 0.5) is 8.78 Å². The number of benzene rings is 1. The molecule has 1 N–H and O–H groups in total. The van der Waals surface area contributed by atoms with E-state index in [2.05, 4.69) is 5.32 Å². The summed E-state index contributed by atoms with van der Waals surface area (Å²) in [6.45, 7) is 4.26. The van der Waals surface area contributed by atoms with E-state index < -0.39 is 12.5 Å². The fourth-order valence-electron chi connectivity index (χ4n) is 1.57. The molecule has 1 nitrogen and oxygen atoms in total. The molecule has 0 radical (unpaired) electrons. The van der Waals surface area contributed by atoms with Crippen molar-refractivity contribution >= 4 is 11.6 Å².